The Labute approximate surface area is 154 Å². The highest BCUT2D eigenvalue weighted by molar-refractivity contribution is 7.89. The van der Waals surface area contributed by atoms with Crippen LogP contribution in [-0.2, 0) is 19.6 Å². The molecule has 1 saturated carbocycles. The van der Waals surface area contributed by atoms with Gasteiger partial charge in [0.25, 0.3) is 0 Å². The summed E-state index contributed by atoms with van der Waals surface area (Å²) in [7, 11) is -3.72. The molecular formula is C19H24N2O4S. The number of ether oxygens (including phenoxy) is 1. The van der Waals surface area contributed by atoms with Gasteiger partial charge in [0.1, 0.15) is 12.2 Å². The van der Waals surface area contributed by atoms with Crippen LogP contribution >= 0.6 is 0 Å². The van der Waals surface area contributed by atoms with Gasteiger partial charge in [0.15, 0.2) is 0 Å². The molecule has 1 aromatic rings. The normalized spacial score (nSPS) is 20.4. The summed E-state index contributed by atoms with van der Waals surface area (Å²) in [4.78, 5) is 12.4. The second kappa shape index (κ2) is 8.19. The number of carbonyl (C=O) groups is 1. The number of benzene rings is 1. The molecule has 0 aromatic heterocycles. The third kappa shape index (κ3) is 4.08. The van der Waals surface area contributed by atoms with Gasteiger partial charge in [-0.25, -0.2) is 8.42 Å². The lowest BCUT2D eigenvalue weighted by atomic mass is 9.96. The average molecular weight is 376 g/mol. The standard InChI is InChI=1S/C19H24N2O4S/c20-14-16-6-4-5-9-18(16)26(23,24)21-12-10-15(11-13-21)19(22)25-17-7-2-1-3-8-17/h4-6,9,15,17H,1-3,7-8,10-13H2. The van der Waals surface area contributed by atoms with Crippen molar-refractivity contribution >= 4 is 16.0 Å². The maximum atomic E-state index is 12.8. The van der Waals surface area contributed by atoms with Gasteiger partial charge in [-0.1, -0.05) is 18.6 Å². The monoisotopic (exact) mass is 376 g/mol. The molecule has 6 nitrogen and oxygen atoms in total. The Kier molecular flexibility index (Phi) is 5.94. The van der Waals surface area contributed by atoms with Crippen molar-refractivity contribution < 1.29 is 17.9 Å². The third-order valence-corrected chi connectivity index (χ3v) is 7.20. The lowest BCUT2D eigenvalue weighted by molar-refractivity contribution is -0.156. The molecule has 7 heteroatoms. The minimum Gasteiger partial charge on any atom is -0.462 e. The molecule has 0 bridgehead atoms. The van der Waals surface area contributed by atoms with E-state index in [4.69, 9.17) is 10.00 Å². The number of esters is 1. The molecule has 140 valence electrons. The van der Waals surface area contributed by atoms with Crippen molar-refractivity contribution in [3.63, 3.8) is 0 Å². The minimum absolute atomic E-state index is 0.0283. The summed E-state index contributed by atoms with van der Waals surface area (Å²) < 4.78 is 32.6. The summed E-state index contributed by atoms with van der Waals surface area (Å²) in [5, 5.41) is 9.16. The minimum atomic E-state index is -3.72. The Morgan fingerprint density at radius 3 is 2.38 bits per heavy atom. The smallest absolute Gasteiger partial charge is 0.309 e. The van der Waals surface area contributed by atoms with E-state index in [2.05, 4.69) is 0 Å². The maximum absolute atomic E-state index is 12.8. The summed E-state index contributed by atoms with van der Waals surface area (Å²) in [6, 6.07) is 8.15. The van der Waals surface area contributed by atoms with Crippen LogP contribution in [0.15, 0.2) is 29.2 Å². The van der Waals surface area contributed by atoms with Crippen LogP contribution in [0.4, 0.5) is 0 Å². The van der Waals surface area contributed by atoms with Gasteiger partial charge in [0, 0.05) is 13.1 Å². The molecule has 0 atom stereocenters. The molecule has 3 rings (SSSR count). The highest BCUT2D eigenvalue weighted by atomic mass is 32.2. The number of hydrogen-bond acceptors (Lipinski definition) is 5. The van der Waals surface area contributed by atoms with Crippen LogP contribution in [0.25, 0.3) is 0 Å². The van der Waals surface area contributed by atoms with Crippen molar-refractivity contribution in [3.05, 3.63) is 29.8 Å². The second-order valence-electron chi connectivity index (χ2n) is 6.98. The lowest BCUT2D eigenvalue weighted by Gasteiger charge is -2.31. The van der Waals surface area contributed by atoms with Crippen LogP contribution in [-0.4, -0.2) is 37.9 Å². The summed E-state index contributed by atoms with van der Waals surface area (Å²) >= 11 is 0. The van der Waals surface area contributed by atoms with Crippen molar-refractivity contribution in [3.8, 4) is 6.07 Å². The molecule has 1 aliphatic carbocycles. The highest BCUT2D eigenvalue weighted by Crippen LogP contribution is 2.28. The van der Waals surface area contributed by atoms with E-state index >= 15 is 0 Å². The van der Waals surface area contributed by atoms with Gasteiger partial charge in [-0.05, 0) is 50.7 Å². The first-order valence-corrected chi connectivity index (χ1v) is 10.7. The molecule has 0 radical (unpaired) electrons. The average Bonchev–Trinajstić information content (AvgIpc) is 2.68. The van der Waals surface area contributed by atoms with Crippen molar-refractivity contribution in [2.45, 2.75) is 55.9 Å². The van der Waals surface area contributed by atoms with Crippen molar-refractivity contribution in [2.75, 3.05) is 13.1 Å². The predicted molar refractivity (Wildman–Crippen MR) is 95.6 cm³/mol. The van der Waals surface area contributed by atoms with E-state index in [1.807, 2.05) is 6.07 Å². The van der Waals surface area contributed by atoms with Crippen LogP contribution in [0.3, 0.4) is 0 Å². The molecule has 1 saturated heterocycles. The van der Waals surface area contributed by atoms with E-state index in [-0.39, 0.29) is 41.5 Å². The molecule has 0 N–H and O–H groups in total. The van der Waals surface area contributed by atoms with Crippen LogP contribution in [0.2, 0.25) is 0 Å². The first-order chi connectivity index (χ1) is 12.5. The van der Waals surface area contributed by atoms with E-state index in [0.29, 0.717) is 12.8 Å². The number of nitrogens with zero attached hydrogens (tertiary/aromatic N) is 2. The van der Waals surface area contributed by atoms with Crippen LogP contribution in [0.5, 0.6) is 0 Å². The molecule has 2 fully saturated rings. The summed E-state index contributed by atoms with van der Waals surface area (Å²) in [5.41, 5.74) is 0.145. The maximum Gasteiger partial charge on any atom is 0.309 e. The zero-order valence-corrected chi connectivity index (χ0v) is 15.6. The zero-order valence-electron chi connectivity index (χ0n) is 14.8. The SMILES string of the molecule is N#Cc1ccccc1S(=O)(=O)N1CCC(C(=O)OC2CCCCC2)CC1. The first kappa shape index (κ1) is 18.9. The van der Waals surface area contributed by atoms with E-state index in [1.54, 1.807) is 12.1 Å². The third-order valence-electron chi connectivity index (χ3n) is 5.25. The van der Waals surface area contributed by atoms with Crippen molar-refractivity contribution in [1.29, 1.82) is 5.26 Å². The fourth-order valence-corrected chi connectivity index (χ4v) is 5.31. The molecule has 0 spiro atoms. The van der Waals surface area contributed by atoms with Crippen molar-refractivity contribution in [2.24, 2.45) is 5.92 Å². The van der Waals surface area contributed by atoms with Gasteiger partial charge in [0.2, 0.25) is 10.0 Å². The molecule has 1 aliphatic heterocycles. The quantitative estimate of drug-likeness (QED) is 0.754. The first-order valence-electron chi connectivity index (χ1n) is 9.22. The Balaban J connectivity index is 1.61. The fourth-order valence-electron chi connectivity index (χ4n) is 3.70. The van der Waals surface area contributed by atoms with Crippen LogP contribution in [0, 0.1) is 17.2 Å². The zero-order chi connectivity index (χ0) is 18.6. The van der Waals surface area contributed by atoms with E-state index < -0.39 is 10.0 Å². The fraction of sp³-hybridized carbons (Fsp3) is 0.579. The summed E-state index contributed by atoms with van der Waals surface area (Å²) in [5.74, 6) is -0.430. The van der Waals surface area contributed by atoms with E-state index in [9.17, 15) is 13.2 Å². The molecule has 0 unspecified atom stereocenters. The van der Waals surface area contributed by atoms with Crippen LogP contribution < -0.4 is 0 Å². The molecular weight excluding hydrogens is 352 g/mol. The number of hydrogen-bond donors (Lipinski definition) is 0. The number of carbonyl (C=O) groups excluding carboxylic acids is 1. The number of rotatable bonds is 4. The van der Waals surface area contributed by atoms with Gasteiger partial charge in [-0.15, -0.1) is 0 Å². The second-order valence-corrected chi connectivity index (χ2v) is 8.89. The molecule has 2 aliphatic rings. The van der Waals surface area contributed by atoms with Gasteiger partial charge in [-0.3, -0.25) is 4.79 Å². The Bertz CT molecular complexity index is 786. The number of piperidine rings is 1. The summed E-state index contributed by atoms with van der Waals surface area (Å²) in [6.07, 6.45) is 6.22. The van der Waals surface area contributed by atoms with Gasteiger partial charge in [-0.2, -0.15) is 9.57 Å². The predicted octanol–water partition coefficient (Wildman–Crippen LogP) is 2.83. The highest BCUT2D eigenvalue weighted by Gasteiger charge is 2.34. The Morgan fingerprint density at radius 1 is 1.08 bits per heavy atom. The molecule has 26 heavy (non-hydrogen) atoms. The van der Waals surface area contributed by atoms with E-state index in [1.165, 1.54) is 22.9 Å². The Hall–Kier alpha value is -1.91. The topological polar surface area (TPSA) is 87.5 Å². The largest absolute Gasteiger partial charge is 0.462 e. The van der Waals surface area contributed by atoms with Crippen LogP contribution in [0.1, 0.15) is 50.5 Å². The lowest BCUT2D eigenvalue weighted by Crippen LogP contribution is -2.41. The molecule has 0 amide bonds. The number of nitriles is 1. The van der Waals surface area contributed by atoms with E-state index in [0.717, 1.165) is 25.7 Å². The summed E-state index contributed by atoms with van der Waals surface area (Å²) in [6.45, 7) is 0.541. The van der Waals surface area contributed by atoms with Crippen molar-refractivity contribution in [1.82, 2.24) is 4.31 Å². The molecule has 1 heterocycles. The number of sulfonamides is 1. The molecule has 1 aromatic carbocycles. The Morgan fingerprint density at radius 2 is 1.73 bits per heavy atom. The van der Waals surface area contributed by atoms with Gasteiger partial charge < -0.3 is 4.74 Å². The van der Waals surface area contributed by atoms with Gasteiger partial charge in [0.05, 0.1) is 16.4 Å². The van der Waals surface area contributed by atoms with Gasteiger partial charge >= 0.3 is 5.97 Å².